The van der Waals surface area contributed by atoms with Gasteiger partial charge in [-0.15, -0.1) is 0 Å². The number of piperidine rings is 1. The highest BCUT2D eigenvalue weighted by Crippen LogP contribution is 2.40. The van der Waals surface area contributed by atoms with Crippen molar-refractivity contribution >= 4 is 0 Å². The molecule has 0 bridgehead atoms. The van der Waals surface area contributed by atoms with Gasteiger partial charge in [0.2, 0.25) is 0 Å². The van der Waals surface area contributed by atoms with Crippen molar-refractivity contribution in [1.29, 1.82) is 0 Å². The molecule has 1 N–H and O–H groups in total. The molecule has 0 atom stereocenters. The van der Waals surface area contributed by atoms with Crippen molar-refractivity contribution in [1.82, 2.24) is 5.06 Å². The number of hydrogen-bond donors (Lipinski definition) is 1. The molecule has 0 saturated carbocycles. The number of hydroxylamine groups is 2. The highest BCUT2D eigenvalue weighted by atomic mass is 16.7. The summed E-state index contributed by atoms with van der Waals surface area (Å²) in [4.78, 5) is 6.32. The first kappa shape index (κ1) is 15.9. The van der Waals surface area contributed by atoms with Crippen LogP contribution in [0.1, 0.15) is 74.1 Å². The molecule has 1 rings (SSSR count). The van der Waals surface area contributed by atoms with Gasteiger partial charge in [-0.2, -0.15) is 5.06 Å². The smallest absolute Gasteiger partial charge is 0.0844 e. The summed E-state index contributed by atoms with van der Waals surface area (Å²) in [5.74, 6) is 0. The van der Waals surface area contributed by atoms with Crippen molar-refractivity contribution in [3.63, 3.8) is 0 Å². The molecular formula is C15H31NO2. The molecule has 0 radical (unpaired) electrons. The van der Waals surface area contributed by atoms with E-state index in [1.54, 1.807) is 0 Å². The van der Waals surface area contributed by atoms with E-state index in [-0.39, 0.29) is 22.8 Å². The molecule has 1 aliphatic rings. The van der Waals surface area contributed by atoms with Crippen LogP contribution in [0.15, 0.2) is 0 Å². The second kappa shape index (κ2) is 5.10. The molecule has 3 heteroatoms. The molecule has 1 heterocycles. The van der Waals surface area contributed by atoms with Gasteiger partial charge in [-0.1, -0.05) is 13.3 Å². The normalized spacial score (nSPS) is 25.3. The fourth-order valence-corrected chi connectivity index (χ4v) is 3.35. The Morgan fingerprint density at radius 1 is 1.17 bits per heavy atom. The summed E-state index contributed by atoms with van der Waals surface area (Å²) >= 11 is 0. The van der Waals surface area contributed by atoms with Gasteiger partial charge in [0.15, 0.2) is 0 Å². The molecule has 1 fully saturated rings. The Bertz CT molecular complexity index is 266. The van der Waals surface area contributed by atoms with Gasteiger partial charge < -0.3 is 5.11 Å². The molecule has 0 spiro atoms. The van der Waals surface area contributed by atoms with Crippen molar-refractivity contribution < 1.29 is 9.94 Å². The van der Waals surface area contributed by atoms with Gasteiger partial charge in [0.25, 0.3) is 0 Å². The number of aliphatic hydroxyl groups is 1. The first-order valence-electron chi connectivity index (χ1n) is 7.18. The molecule has 108 valence electrons. The van der Waals surface area contributed by atoms with Crippen LogP contribution in [0.3, 0.4) is 0 Å². The Hall–Kier alpha value is -0.120. The van der Waals surface area contributed by atoms with Gasteiger partial charge in [0, 0.05) is 11.1 Å². The molecule has 18 heavy (non-hydrogen) atoms. The molecule has 0 aromatic rings. The Labute approximate surface area is 112 Å². The highest BCUT2D eigenvalue weighted by molar-refractivity contribution is 4.97. The SMILES string of the molecule is CCCC(C)(C)ON1C(C)(C)CC(O)CC1(C)C. The van der Waals surface area contributed by atoms with Crippen LogP contribution in [0.2, 0.25) is 0 Å². The molecule has 0 aliphatic carbocycles. The lowest BCUT2D eigenvalue weighted by atomic mass is 9.80. The molecular weight excluding hydrogens is 226 g/mol. The van der Waals surface area contributed by atoms with Gasteiger partial charge in [0.1, 0.15) is 0 Å². The Balaban J connectivity index is 2.89. The Morgan fingerprint density at radius 2 is 1.61 bits per heavy atom. The average Bonchev–Trinajstić information content (AvgIpc) is 2.09. The zero-order valence-corrected chi connectivity index (χ0v) is 13.2. The van der Waals surface area contributed by atoms with Crippen LogP contribution >= 0.6 is 0 Å². The minimum absolute atomic E-state index is 0.133. The molecule has 3 nitrogen and oxygen atoms in total. The molecule has 0 aromatic heterocycles. The summed E-state index contributed by atoms with van der Waals surface area (Å²) in [7, 11) is 0. The summed E-state index contributed by atoms with van der Waals surface area (Å²) in [5.41, 5.74) is -0.413. The first-order valence-corrected chi connectivity index (χ1v) is 7.18. The van der Waals surface area contributed by atoms with Gasteiger partial charge in [0.05, 0.1) is 11.7 Å². The molecule has 0 aromatic carbocycles. The highest BCUT2D eigenvalue weighted by Gasteiger charge is 2.47. The minimum atomic E-state index is -0.232. The number of aliphatic hydroxyl groups excluding tert-OH is 1. The summed E-state index contributed by atoms with van der Waals surface area (Å²) in [6, 6.07) is 0. The fourth-order valence-electron chi connectivity index (χ4n) is 3.35. The van der Waals surface area contributed by atoms with Crippen molar-refractivity contribution in [2.45, 2.75) is 96.9 Å². The Kier molecular flexibility index (Phi) is 4.52. The van der Waals surface area contributed by atoms with Crippen LogP contribution in [0, 0.1) is 0 Å². The molecule has 0 unspecified atom stereocenters. The van der Waals surface area contributed by atoms with Gasteiger partial charge in [-0.25, -0.2) is 0 Å². The van der Waals surface area contributed by atoms with Gasteiger partial charge in [-0.05, 0) is 60.8 Å². The van der Waals surface area contributed by atoms with Crippen LogP contribution in [-0.4, -0.2) is 33.0 Å². The second-order valence-corrected chi connectivity index (χ2v) is 7.58. The lowest BCUT2D eigenvalue weighted by Crippen LogP contribution is -2.63. The van der Waals surface area contributed by atoms with Crippen molar-refractivity contribution in [3.05, 3.63) is 0 Å². The third-order valence-electron chi connectivity index (χ3n) is 3.76. The van der Waals surface area contributed by atoms with E-state index in [2.05, 4.69) is 53.5 Å². The van der Waals surface area contributed by atoms with E-state index in [9.17, 15) is 5.11 Å². The largest absolute Gasteiger partial charge is 0.393 e. The predicted octanol–water partition coefficient (Wildman–Crippen LogP) is 3.51. The van der Waals surface area contributed by atoms with Crippen LogP contribution in [0.25, 0.3) is 0 Å². The van der Waals surface area contributed by atoms with E-state index in [0.29, 0.717) is 0 Å². The molecule has 0 amide bonds. The second-order valence-electron chi connectivity index (χ2n) is 7.58. The summed E-state index contributed by atoms with van der Waals surface area (Å²) in [5, 5.41) is 12.1. The van der Waals surface area contributed by atoms with Crippen molar-refractivity contribution in [2.24, 2.45) is 0 Å². The monoisotopic (exact) mass is 257 g/mol. The molecule has 1 aliphatic heterocycles. The lowest BCUT2D eigenvalue weighted by Gasteiger charge is -2.55. The van der Waals surface area contributed by atoms with Gasteiger partial charge in [-0.3, -0.25) is 4.84 Å². The zero-order valence-electron chi connectivity index (χ0n) is 13.2. The van der Waals surface area contributed by atoms with Crippen molar-refractivity contribution in [3.8, 4) is 0 Å². The molecule has 1 saturated heterocycles. The maximum Gasteiger partial charge on any atom is 0.0844 e. The summed E-state index contributed by atoms with van der Waals surface area (Å²) in [6.45, 7) is 15.1. The predicted molar refractivity (Wildman–Crippen MR) is 75.3 cm³/mol. The quantitative estimate of drug-likeness (QED) is 0.836. The van der Waals surface area contributed by atoms with Crippen LogP contribution in [-0.2, 0) is 4.84 Å². The topological polar surface area (TPSA) is 32.7 Å². The van der Waals surface area contributed by atoms with Gasteiger partial charge >= 0.3 is 0 Å². The third-order valence-corrected chi connectivity index (χ3v) is 3.76. The first-order chi connectivity index (χ1) is 8.00. The summed E-state index contributed by atoms with van der Waals surface area (Å²) < 4.78 is 0. The average molecular weight is 257 g/mol. The van der Waals surface area contributed by atoms with Crippen LogP contribution in [0.5, 0.6) is 0 Å². The minimum Gasteiger partial charge on any atom is -0.393 e. The van der Waals surface area contributed by atoms with Crippen LogP contribution in [0.4, 0.5) is 0 Å². The standard InChI is InChI=1S/C15H31NO2/c1-8-9-15(6,7)18-16-13(2,3)10-12(17)11-14(16,4)5/h12,17H,8-11H2,1-7H3. The Morgan fingerprint density at radius 3 is 2.00 bits per heavy atom. The fraction of sp³-hybridized carbons (Fsp3) is 1.00. The zero-order chi connectivity index (χ0) is 14.2. The third kappa shape index (κ3) is 3.69. The van der Waals surface area contributed by atoms with E-state index < -0.39 is 0 Å². The van der Waals surface area contributed by atoms with E-state index in [0.717, 1.165) is 25.7 Å². The van der Waals surface area contributed by atoms with E-state index in [1.165, 1.54) is 0 Å². The lowest BCUT2D eigenvalue weighted by molar-refractivity contribution is -0.337. The number of hydrogen-bond acceptors (Lipinski definition) is 3. The van der Waals surface area contributed by atoms with E-state index in [1.807, 2.05) is 0 Å². The van der Waals surface area contributed by atoms with E-state index in [4.69, 9.17) is 4.84 Å². The summed E-state index contributed by atoms with van der Waals surface area (Å²) in [6.07, 6.45) is 3.45. The number of nitrogens with zero attached hydrogens (tertiary/aromatic N) is 1. The maximum atomic E-state index is 10.0. The van der Waals surface area contributed by atoms with Crippen molar-refractivity contribution in [2.75, 3.05) is 0 Å². The van der Waals surface area contributed by atoms with Crippen LogP contribution < -0.4 is 0 Å². The van der Waals surface area contributed by atoms with E-state index >= 15 is 0 Å². The maximum absolute atomic E-state index is 10.0. The number of rotatable bonds is 4.